The minimum atomic E-state index is -2.83. The highest BCUT2D eigenvalue weighted by Crippen LogP contribution is 2.32. The molecule has 4 nitrogen and oxygen atoms in total. The molecular weight excluding hydrogens is 403 g/mol. The standard InChI is InChI=1S/C17H18ClF2N3OS.ClH/c1-9(22-15(24)13-7-17(19,20)8-21-13)14-10(2)23-16(25-14)11-3-5-12(18)6-4-11;/h3-6,9,13,21H,7-8H2,1-2H3,(H,22,24);1H. The molecule has 2 N–H and O–H groups in total. The molecule has 1 aromatic carbocycles. The van der Waals surface area contributed by atoms with Crippen LogP contribution in [0.1, 0.15) is 30.0 Å². The van der Waals surface area contributed by atoms with Crippen LogP contribution in [0.4, 0.5) is 8.78 Å². The molecule has 1 aliphatic heterocycles. The number of nitrogens with zero attached hydrogens (tertiary/aromatic N) is 1. The summed E-state index contributed by atoms with van der Waals surface area (Å²) in [4.78, 5) is 17.7. The molecule has 1 aliphatic rings. The minimum absolute atomic E-state index is 0. The van der Waals surface area contributed by atoms with Gasteiger partial charge in [0.1, 0.15) is 5.01 Å². The number of hydrogen-bond donors (Lipinski definition) is 2. The molecule has 2 atom stereocenters. The highest BCUT2D eigenvalue weighted by molar-refractivity contribution is 7.15. The number of amides is 1. The van der Waals surface area contributed by atoms with Crippen LogP contribution in [0, 0.1) is 6.92 Å². The molecule has 1 saturated heterocycles. The van der Waals surface area contributed by atoms with E-state index in [2.05, 4.69) is 15.6 Å². The lowest BCUT2D eigenvalue weighted by Crippen LogP contribution is -2.41. The van der Waals surface area contributed by atoms with Crippen molar-refractivity contribution in [2.75, 3.05) is 6.54 Å². The number of aromatic nitrogens is 1. The third-order valence-corrected chi connectivity index (χ3v) is 5.74. The SMILES string of the molecule is Cc1nc(-c2ccc(Cl)cc2)sc1C(C)NC(=O)C1CC(F)(F)CN1.Cl. The molecule has 3 rings (SSSR count). The molecule has 0 spiro atoms. The summed E-state index contributed by atoms with van der Waals surface area (Å²) >= 11 is 7.38. The van der Waals surface area contributed by atoms with Crippen LogP contribution < -0.4 is 10.6 Å². The van der Waals surface area contributed by atoms with Gasteiger partial charge in [0, 0.05) is 17.0 Å². The molecule has 9 heteroatoms. The van der Waals surface area contributed by atoms with E-state index in [4.69, 9.17) is 11.6 Å². The van der Waals surface area contributed by atoms with Crippen LogP contribution in [-0.4, -0.2) is 29.4 Å². The van der Waals surface area contributed by atoms with Gasteiger partial charge in [-0.2, -0.15) is 0 Å². The zero-order chi connectivity index (χ0) is 18.2. The van der Waals surface area contributed by atoms with Crippen molar-refractivity contribution < 1.29 is 13.6 Å². The lowest BCUT2D eigenvalue weighted by Gasteiger charge is -2.16. The number of halogens is 4. The van der Waals surface area contributed by atoms with Gasteiger partial charge in [-0.3, -0.25) is 10.1 Å². The number of benzene rings is 1. The number of rotatable bonds is 4. The maximum atomic E-state index is 13.2. The zero-order valence-electron chi connectivity index (χ0n) is 14.2. The minimum Gasteiger partial charge on any atom is -0.347 e. The van der Waals surface area contributed by atoms with Gasteiger partial charge in [-0.15, -0.1) is 23.7 Å². The van der Waals surface area contributed by atoms with Gasteiger partial charge in [-0.05, 0) is 26.0 Å². The fourth-order valence-corrected chi connectivity index (χ4v) is 4.01. The number of hydrogen-bond acceptors (Lipinski definition) is 4. The summed E-state index contributed by atoms with van der Waals surface area (Å²) < 4.78 is 26.5. The van der Waals surface area contributed by atoms with E-state index < -0.39 is 30.8 Å². The first-order valence-corrected chi connectivity index (χ1v) is 9.09. The maximum absolute atomic E-state index is 13.2. The predicted octanol–water partition coefficient (Wildman–Crippen LogP) is 4.37. The third-order valence-electron chi connectivity index (χ3n) is 4.10. The van der Waals surface area contributed by atoms with Crippen molar-refractivity contribution >= 4 is 41.3 Å². The Kier molecular flexibility index (Phi) is 6.60. The van der Waals surface area contributed by atoms with E-state index in [1.54, 1.807) is 12.1 Å². The van der Waals surface area contributed by atoms with Crippen LogP contribution in [0.15, 0.2) is 24.3 Å². The molecule has 0 aliphatic carbocycles. The van der Waals surface area contributed by atoms with Gasteiger partial charge < -0.3 is 5.32 Å². The number of alkyl halides is 2. The summed E-state index contributed by atoms with van der Waals surface area (Å²) in [5.74, 6) is -3.24. The molecule has 26 heavy (non-hydrogen) atoms. The Morgan fingerprint density at radius 2 is 2.08 bits per heavy atom. The van der Waals surface area contributed by atoms with Gasteiger partial charge in [0.25, 0.3) is 5.92 Å². The summed E-state index contributed by atoms with van der Waals surface area (Å²) in [6.45, 7) is 3.24. The fraction of sp³-hybridized carbons (Fsp3) is 0.412. The van der Waals surface area contributed by atoms with Crippen molar-refractivity contribution in [3.63, 3.8) is 0 Å². The molecular formula is C17H19Cl2F2N3OS. The van der Waals surface area contributed by atoms with Crippen molar-refractivity contribution in [1.29, 1.82) is 0 Å². The second-order valence-electron chi connectivity index (χ2n) is 6.20. The van der Waals surface area contributed by atoms with E-state index in [9.17, 15) is 13.6 Å². The molecule has 1 amide bonds. The Bertz CT molecular complexity index is 783. The second kappa shape index (κ2) is 8.17. The smallest absolute Gasteiger partial charge is 0.262 e. The lowest BCUT2D eigenvalue weighted by atomic mass is 10.1. The van der Waals surface area contributed by atoms with Crippen LogP contribution in [0.2, 0.25) is 5.02 Å². The molecule has 1 aromatic heterocycles. The first-order valence-electron chi connectivity index (χ1n) is 7.90. The highest BCUT2D eigenvalue weighted by atomic mass is 35.5. The Labute approximate surface area is 165 Å². The first-order chi connectivity index (χ1) is 11.7. The van der Waals surface area contributed by atoms with Gasteiger partial charge in [0.15, 0.2) is 0 Å². The van der Waals surface area contributed by atoms with Crippen LogP contribution >= 0.6 is 35.3 Å². The molecule has 0 radical (unpaired) electrons. The van der Waals surface area contributed by atoms with Crippen LogP contribution in [0.5, 0.6) is 0 Å². The van der Waals surface area contributed by atoms with Crippen LogP contribution in [-0.2, 0) is 4.79 Å². The molecule has 2 heterocycles. The van der Waals surface area contributed by atoms with Crippen molar-refractivity contribution in [2.45, 2.75) is 38.3 Å². The van der Waals surface area contributed by atoms with E-state index in [0.29, 0.717) is 5.02 Å². The summed E-state index contributed by atoms with van der Waals surface area (Å²) in [5.41, 5.74) is 1.76. The summed E-state index contributed by atoms with van der Waals surface area (Å²) in [5, 5.41) is 6.85. The first kappa shape index (κ1) is 21.0. The number of aryl methyl sites for hydroxylation is 1. The molecule has 2 unspecified atom stereocenters. The normalized spacial score (nSPS) is 19.7. The Morgan fingerprint density at radius 3 is 2.65 bits per heavy atom. The maximum Gasteiger partial charge on any atom is 0.262 e. The van der Waals surface area contributed by atoms with E-state index in [1.807, 2.05) is 26.0 Å². The predicted molar refractivity (Wildman–Crippen MR) is 102 cm³/mol. The van der Waals surface area contributed by atoms with Crippen molar-refractivity contribution in [3.8, 4) is 10.6 Å². The van der Waals surface area contributed by atoms with Crippen molar-refractivity contribution in [3.05, 3.63) is 39.9 Å². The fourth-order valence-electron chi connectivity index (χ4n) is 2.81. The number of carbonyl (C=O) groups excluding carboxylic acids is 1. The van der Waals surface area contributed by atoms with E-state index >= 15 is 0 Å². The largest absolute Gasteiger partial charge is 0.347 e. The Morgan fingerprint density at radius 1 is 1.42 bits per heavy atom. The molecule has 0 saturated carbocycles. The van der Waals surface area contributed by atoms with Gasteiger partial charge >= 0.3 is 0 Å². The van der Waals surface area contributed by atoms with Crippen molar-refractivity contribution in [1.82, 2.24) is 15.6 Å². The second-order valence-corrected chi connectivity index (χ2v) is 7.67. The Balaban J connectivity index is 0.00000243. The van der Waals surface area contributed by atoms with Crippen LogP contribution in [0.3, 0.4) is 0 Å². The van der Waals surface area contributed by atoms with Crippen LogP contribution in [0.25, 0.3) is 10.6 Å². The number of thiazole rings is 1. The van der Waals surface area contributed by atoms with E-state index in [1.165, 1.54) is 11.3 Å². The van der Waals surface area contributed by atoms with E-state index in [0.717, 1.165) is 21.1 Å². The van der Waals surface area contributed by atoms with Gasteiger partial charge in [0.05, 0.1) is 29.2 Å². The summed E-state index contributed by atoms with van der Waals surface area (Å²) in [6, 6.07) is 6.20. The summed E-state index contributed by atoms with van der Waals surface area (Å²) in [6.07, 6.45) is -0.469. The average molecular weight is 422 g/mol. The molecule has 2 aromatic rings. The molecule has 142 valence electrons. The number of carbonyl (C=O) groups is 1. The average Bonchev–Trinajstić information content (AvgIpc) is 3.10. The highest BCUT2D eigenvalue weighted by Gasteiger charge is 2.42. The third kappa shape index (κ3) is 4.71. The zero-order valence-corrected chi connectivity index (χ0v) is 16.6. The quantitative estimate of drug-likeness (QED) is 0.770. The molecule has 1 fully saturated rings. The van der Waals surface area contributed by atoms with E-state index in [-0.39, 0.29) is 18.4 Å². The molecule has 0 bridgehead atoms. The van der Waals surface area contributed by atoms with Gasteiger partial charge in [0.2, 0.25) is 5.91 Å². The summed E-state index contributed by atoms with van der Waals surface area (Å²) in [7, 11) is 0. The topological polar surface area (TPSA) is 54.0 Å². The van der Waals surface area contributed by atoms with Crippen molar-refractivity contribution in [2.24, 2.45) is 0 Å². The number of nitrogens with one attached hydrogen (secondary N) is 2. The van der Waals surface area contributed by atoms with Gasteiger partial charge in [-0.25, -0.2) is 13.8 Å². The van der Waals surface area contributed by atoms with Gasteiger partial charge in [-0.1, -0.05) is 23.7 Å². The Hall–Kier alpha value is -1.28. The lowest BCUT2D eigenvalue weighted by molar-refractivity contribution is -0.124. The monoisotopic (exact) mass is 421 g/mol.